The topological polar surface area (TPSA) is 401 Å². The number of amides is 3. The van der Waals surface area contributed by atoms with Gasteiger partial charge < -0.3 is 57.9 Å². The second-order valence-electron chi connectivity index (χ2n) is 33.8. The lowest BCUT2D eigenvalue weighted by molar-refractivity contribution is -0.107. The Hall–Kier alpha value is -11.2. The van der Waals surface area contributed by atoms with Gasteiger partial charge in [-0.2, -0.15) is 28.8 Å². The molecular formula is C96H105BBr4Cl4N16O17S. The van der Waals surface area contributed by atoms with Crippen LogP contribution in [0.25, 0.3) is 54.9 Å². The van der Waals surface area contributed by atoms with Gasteiger partial charge in [-0.3, -0.25) is 58.3 Å². The number of aryl methyl sites for hydroxylation is 1. The molecule has 3 aliphatic rings. The summed E-state index contributed by atoms with van der Waals surface area (Å²) in [4.78, 5) is 82.0. The molecule has 4 N–H and O–H groups in total. The number of likely N-dealkylation sites (tertiary alicyclic amines) is 3. The largest absolute Gasteiger partial charge is 0.495 e. The molecule has 0 aliphatic carbocycles. The Morgan fingerprint density at radius 2 is 1.00 bits per heavy atom. The van der Waals surface area contributed by atoms with Gasteiger partial charge >= 0.3 is 25.4 Å². The Balaban J connectivity index is 0.000000189. The van der Waals surface area contributed by atoms with Crippen molar-refractivity contribution in [3.8, 4) is 45.8 Å². The van der Waals surface area contributed by atoms with Crippen LogP contribution in [0.15, 0.2) is 234 Å². The zero-order valence-electron chi connectivity index (χ0n) is 78.0. The van der Waals surface area contributed by atoms with Crippen molar-refractivity contribution in [2.24, 2.45) is 0 Å². The standard InChI is InChI=1S/C29H31ClN4O4.C17H25NO5S.C16H21BrN4O2.C13H12BClO4.C6H4BrN3.C6H4ClNO.C6H5N3.C3H3ClO.Br2/c1-29(2,3)38-28(35)33-16-6-7-20(18-33)34-23-14-15-31-17-22(23)27(32-34)19-10-12-21(13-11-19)37-25-9-5-8-24(36-4)26(25)30;1-13-7-9-15(10-8-13)24(20,21)23-14-6-5-11-18(12-14)16(19)22-17(2,3)4;1-16(2,3)23-15(22)20-8-4-5-11(10-20)21-13-6-7-18-9-12(13)14(17)19-21;1-18-11-3-2-4-12(13(11)15)19-10-7-5-9(6-8-10)14(16)17;7-6-4-3-8-2-1-5(4)9-10-6;7-6-1-2-8-3-5(6)4-9;1-2-7-3-5-4-8-9-6(1)5;1-2-3(4)5;1-2/h5,8-15,17,20H,6-7,16,18H2,1-4H3;7-10,14H,5-6,11-12H2,1-4H3;6-7,9,11H,4-5,8,10H2,1-3H3;2-8,16-17H,1H3;1-3H,(H,9,10);1-4H;1-4H,(H,8,9);2H,1H2;/t20-;14-;11-;;;;;;/m101....../s1. The summed E-state index contributed by atoms with van der Waals surface area (Å²) >= 11 is 35.1. The molecular weight excluding hydrogens is 2150 g/mol. The van der Waals surface area contributed by atoms with Gasteiger partial charge in [-0.15, -0.1) is 0 Å². The number of pyridine rings is 5. The molecule has 3 aliphatic heterocycles. The minimum Gasteiger partial charge on any atom is -0.495 e. The summed E-state index contributed by atoms with van der Waals surface area (Å²) in [6, 6.07) is 40.7. The van der Waals surface area contributed by atoms with Crippen molar-refractivity contribution in [3.63, 3.8) is 0 Å². The molecule has 43 heteroatoms. The number of fused-ring (bicyclic) bond motifs is 4. The number of ether oxygens (including phenoxy) is 7. The zero-order chi connectivity index (χ0) is 101. The third kappa shape index (κ3) is 34.1. The first-order chi connectivity index (χ1) is 66.2. The fourth-order valence-electron chi connectivity index (χ4n) is 13.6. The molecule has 139 heavy (non-hydrogen) atoms. The first-order valence-corrected chi connectivity index (χ1v) is 51.4. The van der Waals surface area contributed by atoms with Crippen LogP contribution in [0.3, 0.4) is 0 Å². The van der Waals surface area contributed by atoms with Crippen LogP contribution in [-0.4, -0.2) is 211 Å². The summed E-state index contributed by atoms with van der Waals surface area (Å²) in [6.07, 6.45) is 24.1. The van der Waals surface area contributed by atoms with Gasteiger partial charge in [-0.05, 0) is 266 Å². The SMILES string of the molecule is BrBr.Brc1[nH]nc2ccncc12.C=CC(=O)Cl.CC(C)(C)OC(=O)N1CCC[C@@H](n2nc(Br)c3cnccc32)C1.COc1cccc(Oc2ccc(-c3nn([C@@H]4CCCN(C(=O)OC(C)(C)C)C4)c4ccncc34)cc2)c1Cl.COc1cccc(Oc2ccc(B(O)O)cc2)c1Cl.Cc1ccc(S(=O)(=O)O[C@H]2CCCN(C(=O)OC(C)(C)C)C2)cc1.O=Cc1cnccc1Cl.c1cc2[nH]ncc2cn1. The molecule has 17 rings (SSSR count). The zero-order valence-corrected chi connectivity index (χ0v) is 88.2. The number of benzene rings is 5. The maximum absolute atomic E-state index is 12.7. The molecule has 3 atom stereocenters. The average Bonchev–Trinajstić information content (AvgIpc) is 1.62. The van der Waals surface area contributed by atoms with E-state index >= 15 is 0 Å². The maximum Gasteiger partial charge on any atom is 0.488 e. The highest BCUT2D eigenvalue weighted by atomic mass is 80.9. The van der Waals surface area contributed by atoms with Crippen molar-refractivity contribution in [2.75, 3.05) is 53.5 Å². The maximum atomic E-state index is 12.7. The van der Waals surface area contributed by atoms with Crippen molar-refractivity contribution in [1.82, 2.24) is 79.6 Å². The van der Waals surface area contributed by atoms with Crippen LogP contribution in [0.1, 0.15) is 129 Å². The number of halogens is 8. The summed E-state index contributed by atoms with van der Waals surface area (Å²) < 4.78 is 74.2. The number of aromatic nitrogens is 13. The number of carbonyl (C=O) groups excluding carboxylic acids is 5. The first kappa shape index (κ1) is 111. The Morgan fingerprint density at radius 1 is 0.547 bits per heavy atom. The third-order valence-corrected chi connectivity index (χ3v) is 23.9. The summed E-state index contributed by atoms with van der Waals surface area (Å²) in [5.41, 5.74) is 5.94. The average molecular weight is 2260 g/mol. The van der Waals surface area contributed by atoms with Gasteiger partial charge in [0.05, 0.1) is 93.5 Å². The van der Waals surface area contributed by atoms with Crippen LogP contribution in [-0.2, 0) is 33.3 Å². The molecule has 0 spiro atoms. The van der Waals surface area contributed by atoms with Crippen molar-refractivity contribution < 1.29 is 79.8 Å². The second kappa shape index (κ2) is 53.4. The second-order valence-corrected chi connectivity index (χ2v) is 38.5. The van der Waals surface area contributed by atoms with Crippen LogP contribution in [0.2, 0.25) is 15.1 Å². The van der Waals surface area contributed by atoms with Gasteiger partial charge in [0.25, 0.3) is 10.1 Å². The molecule has 5 aromatic carbocycles. The predicted octanol–water partition coefficient (Wildman–Crippen LogP) is 22.7. The summed E-state index contributed by atoms with van der Waals surface area (Å²) in [7, 11) is -2.23. The first-order valence-electron chi connectivity index (χ1n) is 43.2. The van der Waals surface area contributed by atoms with Crippen LogP contribution in [0.5, 0.6) is 34.5 Å². The number of nitrogens with one attached hydrogen (secondary N) is 2. The summed E-state index contributed by atoms with van der Waals surface area (Å²) in [5, 5.41) is 45.8. The number of aromatic amines is 2. The van der Waals surface area contributed by atoms with Crippen LogP contribution in [0, 0.1) is 6.92 Å². The van der Waals surface area contributed by atoms with Gasteiger partial charge in [0.1, 0.15) is 76.2 Å². The van der Waals surface area contributed by atoms with Crippen molar-refractivity contribution in [1.29, 1.82) is 0 Å². The van der Waals surface area contributed by atoms with Gasteiger partial charge in [0.2, 0.25) is 5.24 Å². The summed E-state index contributed by atoms with van der Waals surface area (Å²) in [6.45, 7) is 25.0. The number of H-pyrrole nitrogens is 2. The van der Waals surface area contributed by atoms with E-state index in [0.29, 0.717) is 106 Å². The minimum atomic E-state index is -3.84. The molecule has 0 radical (unpaired) electrons. The normalized spacial score (nSPS) is 14.5. The Bertz CT molecular complexity index is 6490. The van der Waals surface area contributed by atoms with Crippen molar-refractivity contribution >= 4 is 203 Å². The van der Waals surface area contributed by atoms with E-state index in [0.717, 1.165) is 108 Å². The molecule has 0 saturated carbocycles. The Kier molecular flexibility index (Phi) is 42.8. The summed E-state index contributed by atoms with van der Waals surface area (Å²) in [5.74, 6) is 3.26. The van der Waals surface area contributed by atoms with E-state index in [1.54, 1.807) is 160 Å². The van der Waals surface area contributed by atoms with E-state index in [4.69, 9.17) is 98.9 Å². The van der Waals surface area contributed by atoms with Crippen LogP contribution >= 0.6 is 107 Å². The number of rotatable bonds is 15. The van der Waals surface area contributed by atoms with Crippen molar-refractivity contribution in [3.05, 3.63) is 256 Å². The Morgan fingerprint density at radius 3 is 1.48 bits per heavy atom. The smallest absolute Gasteiger partial charge is 0.488 e. The lowest BCUT2D eigenvalue weighted by Crippen LogP contribution is -2.45. The minimum absolute atomic E-state index is 0.0349. The molecule has 3 fully saturated rings. The number of allylic oxidation sites excluding steroid dienone is 1. The molecule has 0 bridgehead atoms. The predicted molar refractivity (Wildman–Crippen MR) is 552 cm³/mol. The van der Waals surface area contributed by atoms with E-state index in [9.17, 15) is 32.4 Å². The van der Waals surface area contributed by atoms with E-state index in [1.165, 1.54) is 36.5 Å². The molecule has 3 amide bonds. The molecule has 14 aromatic rings. The van der Waals surface area contributed by atoms with E-state index < -0.39 is 51.5 Å². The quantitative estimate of drug-likeness (QED) is 0.0185. The number of carbonyl (C=O) groups is 5. The number of aldehydes is 1. The highest BCUT2D eigenvalue weighted by molar-refractivity contribution is 9.93. The molecule has 12 heterocycles. The highest BCUT2D eigenvalue weighted by Crippen LogP contribution is 2.40. The van der Waals surface area contributed by atoms with Crippen LogP contribution < -0.4 is 24.4 Å². The number of piperidine rings is 3. The van der Waals surface area contributed by atoms with E-state index in [1.807, 2.05) is 119 Å². The number of hydrogen-bond donors (Lipinski definition) is 4. The number of hydrogen-bond acceptors (Lipinski definition) is 26. The van der Waals surface area contributed by atoms with Gasteiger partial charge in [-0.25, -0.2) is 14.4 Å². The molecule has 9 aromatic heterocycles. The monoisotopic (exact) mass is 2250 g/mol. The molecule has 3 saturated heterocycles. The van der Waals surface area contributed by atoms with Gasteiger partial charge in [0.15, 0.2) is 6.29 Å². The van der Waals surface area contributed by atoms with Gasteiger partial charge in [0, 0.05) is 139 Å². The fraction of sp³-hybridized carbons (Fsp3) is 0.312. The molecule has 736 valence electrons. The third-order valence-electron chi connectivity index (χ3n) is 20.1. The Labute approximate surface area is 857 Å². The fourth-order valence-corrected chi connectivity index (χ4v) is 16.2. The van der Waals surface area contributed by atoms with Crippen LogP contribution in [0.4, 0.5) is 14.4 Å². The number of methoxy groups -OCH3 is 2. The molecule has 0 unspecified atom stereocenters. The lowest BCUT2D eigenvalue weighted by atomic mass is 9.80. The highest BCUT2D eigenvalue weighted by Gasteiger charge is 2.35. The van der Waals surface area contributed by atoms with Crippen molar-refractivity contribution in [2.45, 2.75) is 148 Å². The van der Waals surface area contributed by atoms with E-state index in [-0.39, 0.29) is 35.7 Å². The number of nitrogens with zero attached hydrogens (tertiary/aromatic N) is 14. The van der Waals surface area contributed by atoms with Gasteiger partial charge in [-0.1, -0.05) is 83.3 Å². The lowest BCUT2D eigenvalue weighted by Gasteiger charge is -2.34. The van der Waals surface area contributed by atoms with E-state index in [2.05, 4.69) is 117 Å². The molecule has 33 nitrogen and oxygen atoms in total.